The summed E-state index contributed by atoms with van der Waals surface area (Å²) in [6, 6.07) is 16.5. The highest BCUT2D eigenvalue weighted by atomic mass is 35.5. The summed E-state index contributed by atoms with van der Waals surface area (Å²) in [6.07, 6.45) is 2.88. The van der Waals surface area contributed by atoms with Gasteiger partial charge in [0.05, 0.1) is 15.4 Å². The lowest BCUT2D eigenvalue weighted by atomic mass is 10.0. The smallest absolute Gasteiger partial charge is 0.138 e. The second-order valence-electron chi connectivity index (χ2n) is 7.27. The molecule has 1 N–H and O–H groups in total. The molecule has 3 nitrogen and oxygen atoms in total. The number of benzene rings is 2. The van der Waals surface area contributed by atoms with Gasteiger partial charge >= 0.3 is 0 Å². The maximum absolute atomic E-state index is 6.14. The largest absolute Gasteiger partial charge is 0.369 e. The van der Waals surface area contributed by atoms with Crippen molar-refractivity contribution in [2.24, 2.45) is 0 Å². The summed E-state index contributed by atoms with van der Waals surface area (Å²) in [5.74, 6) is 1.85. The van der Waals surface area contributed by atoms with Crippen LogP contribution in [0.25, 0.3) is 21.3 Å². The summed E-state index contributed by atoms with van der Waals surface area (Å²) in [6.45, 7) is 5.08. The minimum Gasteiger partial charge on any atom is -0.369 e. The van der Waals surface area contributed by atoms with Gasteiger partial charge in [-0.05, 0) is 54.7 Å². The normalized spacial score (nSPS) is 11.2. The Bertz CT molecular complexity index is 1170. The van der Waals surface area contributed by atoms with Crippen molar-refractivity contribution in [3.8, 4) is 11.1 Å². The van der Waals surface area contributed by atoms with Crippen molar-refractivity contribution in [2.75, 3.05) is 11.9 Å². The number of nitrogens with zero attached hydrogens (tertiary/aromatic N) is 2. The van der Waals surface area contributed by atoms with Gasteiger partial charge in [-0.1, -0.05) is 60.5 Å². The van der Waals surface area contributed by atoms with Gasteiger partial charge < -0.3 is 5.32 Å². The Kier molecular flexibility index (Phi) is 6.57. The number of hydrogen-bond acceptors (Lipinski definition) is 4. The van der Waals surface area contributed by atoms with Crippen LogP contribution in [-0.4, -0.2) is 16.5 Å². The fourth-order valence-electron chi connectivity index (χ4n) is 3.42. The molecule has 0 bridgehead atoms. The summed E-state index contributed by atoms with van der Waals surface area (Å²) in [7, 11) is 0. The van der Waals surface area contributed by atoms with Crippen LogP contribution in [0.4, 0.5) is 5.82 Å². The molecule has 0 aliphatic carbocycles. The summed E-state index contributed by atoms with van der Waals surface area (Å²) >= 11 is 13.9. The molecule has 0 atom stereocenters. The molecule has 0 fully saturated rings. The van der Waals surface area contributed by atoms with Gasteiger partial charge in [0, 0.05) is 17.8 Å². The van der Waals surface area contributed by atoms with Crippen molar-refractivity contribution in [1.29, 1.82) is 0 Å². The lowest BCUT2D eigenvalue weighted by molar-refractivity contribution is 0.855. The SMILES string of the molecule is CCc1nc(NCCCc2ccc(-c3ccc(Cl)c(Cl)c3)cc2)c2cc(C)sc2n1. The zero-order valence-electron chi connectivity index (χ0n) is 17.0. The zero-order valence-corrected chi connectivity index (χ0v) is 19.3. The highest BCUT2D eigenvalue weighted by Gasteiger charge is 2.09. The predicted octanol–water partition coefficient (Wildman–Crippen LogP) is 7.58. The van der Waals surface area contributed by atoms with Crippen LogP contribution in [0.5, 0.6) is 0 Å². The van der Waals surface area contributed by atoms with E-state index in [9.17, 15) is 0 Å². The molecular weight excluding hydrogens is 433 g/mol. The predicted molar refractivity (Wildman–Crippen MR) is 130 cm³/mol. The van der Waals surface area contributed by atoms with Crippen molar-refractivity contribution in [3.05, 3.63) is 74.8 Å². The molecule has 0 saturated heterocycles. The number of anilines is 1. The van der Waals surface area contributed by atoms with Crippen LogP contribution in [0.3, 0.4) is 0 Å². The minimum absolute atomic E-state index is 0.578. The first-order valence-electron chi connectivity index (χ1n) is 10.1. The monoisotopic (exact) mass is 455 g/mol. The third kappa shape index (κ3) is 4.77. The Morgan fingerprint density at radius 1 is 0.933 bits per heavy atom. The van der Waals surface area contributed by atoms with Gasteiger partial charge in [-0.25, -0.2) is 9.97 Å². The highest BCUT2D eigenvalue weighted by molar-refractivity contribution is 7.18. The van der Waals surface area contributed by atoms with Crippen LogP contribution >= 0.6 is 34.5 Å². The minimum atomic E-state index is 0.578. The molecule has 0 aliphatic heterocycles. The van der Waals surface area contributed by atoms with Crippen LogP contribution in [0.1, 0.15) is 29.6 Å². The first kappa shape index (κ1) is 21.1. The molecule has 2 aromatic carbocycles. The summed E-state index contributed by atoms with van der Waals surface area (Å²) in [5.41, 5.74) is 3.52. The molecule has 0 aliphatic rings. The maximum atomic E-state index is 6.14. The third-order valence-corrected chi connectivity index (χ3v) is 6.70. The molecular formula is C24H23Cl2N3S. The summed E-state index contributed by atoms with van der Waals surface area (Å²) in [4.78, 5) is 11.7. The molecule has 2 heterocycles. The second kappa shape index (κ2) is 9.34. The van der Waals surface area contributed by atoms with Crippen LogP contribution in [0, 0.1) is 6.92 Å². The fraction of sp³-hybridized carbons (Fsp3) is 0.250. The number of halogens is 2. The Labute approximate surface area is 191 Å². The number of aromatic nitrogens is 2. The molecule has 0 unspecified atom stereocenters. The Morgan fingerprint density at radius 2 is 1.70 bits per heavy atom. The van der Waals surface area contributed by atoms with Gasteiger partial charge in [0.1, 0.15) is 16.5 Å². The van der Waals surface area contributed by atoms with E-state index in [0.29, 0.717) is 10.0 Å². The van der Waals surface area contributed by atoms with E-state index in [4.69, 9.17) is 28.2 Å². The molecule has 0 saturated carbocycles. The zero-order chi connectivity index (χ0) is 21.1. The first-order valence-corrected chi connectivity index (χ1v) is 11.7. The van der Waals surface area contributed by atoms with Gasteiger partial charge in [-0.3, -0.25) is 0 Å². The van der Waals surface area contributed by atoms with Crippen molar-refractivity contribution < 1.29 is 0 Å². The van der Waals surface area contributed by atoms with E-state index in [0.717, 1.165) is 58.8 Å². The van der Waals surface area contributed by atoms with Gasteiger partial charge in [0.2, 0.25) is 0 Å². The van der Waals surface area contributed by atoms with E-state index in [-0.39, 0.29) is 0 Å². The van der Waals surface area contributed by atoms with E-state index in [1.54, 1.807) is 11.3 Å². The summed E-state index contributed by atoms with van der Waals surface area (Å²) < 4.78 is 0. The number of thiophene rings is 1. The van der Waals surface area contributed by atoms with Crippen molar-refractivity contribution in [3.63, 3.8) is 0 Å². The number of nitrogens with one attached hydrogen (secondary N) is 1. The molecule has 154 valence electrons. The molecule has 0 spiro atoms. The van der Waals surface area contributed by atoms with E-state index in [2.05, 4.69) is 54.5 Å². The molecule has 0 radical (unpaired) electrons. The van der Waals surface area contributed by atoms with Gasteiger partial charge in [-0.15, -0.1) is 11.3 Å². The quantitative estimate of drug-likeness (QED) is 0.291. The molecule has 30 heavy (non-hydrogen) atoms. The number of rotatable bonds is 7. The fourth-order valence-corrected chi connectivity index (χ4v) is 4.61. The second-order valence-corrected chi connectivity index (χ2v) is 9.32. The molecule has 2 aromatic heterocycles. The Hall–Kier alpha value is -2.14. The topological polar surface area (TPSA) is 37.8 Å². The van der Waals surface area contributed by atoms with Crippen LogP contribution in [0.2, 0.25) is 10.0 Å². The lowest BCUT2D eigenvalue weighted by Gasteiger charge is -2.09. The molecule has 6 heteroatoms. The van der Waals surface area contributed by atoms with E-state index in [1.165, 1.54) is 10.4 Å². The van der Waals surface area contributed by atoms with E-state index < -0.39 is 0 Å². The standard InChI is InChI=1S/C24H23Cl2N3S/c1-3-22-28-23(19-13-15(2)30-24(19)29-22)27-12-4-5-16-6-8-17(9-7-16)18-10-11-20(25)21(26)14-18/h6-11,13-14H,3-5,12H2,1-2H3,(H,27,28,29). The van der Waals surface area contributed by atoms with Crippen LogP contribution < -0.4 is 5.32 Å². The maximum Gasteiger partial charge on any atom is 0.138 e. The van der Waals surface area contributed by atoms with Crippen molar-refractivity contribution >= 4 is 50.6 Å². The average Bonchev–Trinajstić information content (AvgIpc) is 3.13. The van der Waals surface area contributed by atoms with E-state index >= 15 is 0 Å². The third-order valence-electron chi connectivity index (χ3n) is 5.02. The summed E-state index contributed by atoms with van der Waals surface area (Å²) in [5, 5.41) is 5.81. The molecule has 4 rings (SSSR count). The van der Waals surface area contributed by atoms with Gasteiger partial charge in [0.25, 0.3) is 0 Å². The first-order chi connectivity index (χ1) is 14.5. The Balaban J connectivity index is 1.37. The highest BCUT2D eigenvalue weighted by Crippen LogP contribution is 2.30. The van der Waals surface area contributed by atoms with Gasteiger partial charge in [-0.2, -0.15) is 0 Å². The molecule has 0 amide bonds. The lowest BCUT2D eigenvalue weighted by Crippen LogP contribution is -2.07. The average molecular weight is 456 g/mol. The number of aryl methyl sites for hydroxylation is 3. The Morgan fingerprint density at radius 3 is 2.43 bits per heavy atom. The van der Waals surface area contributed by atoms with Gasteiger partial charge in [0.15, 0.2) is 0 Å². The number of hydrogen-bond donors (Lipinski definition) is 1. The van der Waals surface area contributed by atoms with Crippen molar-refractivity contribution in [2.45, 2.75) is 33.1 Å². The van der Waals surface area contributed by atoms with E-state index in [1.807, 2.05) is 18.2 Å². The van der Waals surface area contributed by atoms with Crippen LogP contribution in [-0.2, 0) is 12.8 Å². The van der Waals surface area contributed by atoms with Crippen molar-refractivity contribution in [1.82, 2.24) is 9.97 Å². The van der Waals surface area contributed by atoms with Crippen LogP contribution in [0.15, 0.2) is 48.5 Å². The number of fused-ring (bicyclic) bond motifs is 1. The molecule has 4 aromatic rings.